The van der Waals surface area contributed by atoms with Gasteiger partial charge in [-0.1, -0.05) is 11.6 Å². The van der Waals surface area contributed by atoms with Gasteiger partial charge in [-0.2, -0.15) is 0 Å². The monoisotopic (exact) mass is 310 g/mol. The first-order valence-electron chi connectivity index (χ1n) is 6.21. The number of nitrogens with zero attached hydrogens (tertiary/aromatic N) is 1. The van der Waals surface area contributed by atoms with Crippen molar-refractivity contribution >= 4 is 34.3 Å². The van der Waals surface area contributed by atoms with E-state index in [-0.39, 0.29) is 11.7 Å². The van der Waals surface area contributed by atoms with Crippen LogP contribution in [0.25, 0.3) is 0 Å². The van der Waals surface area contributed by atoms with E-state index in [4.69, 9.17) is 11.6 Å². The fourth-order valence-electron chi connectivity index (χ4n) is 2.00. The van der Waals surface area contributed by atoms with Crippen molar-refractivity contribution in [1.29, 1.82) is 0 Å². The fourth-order valence-corrected chi connectivity index (χ4v) is 3.19. The molecular weight excluding hydrogens is 296 g/mol. The van der Waals surface area contributed by atoms with E-state index in [9.17, 15) is 10.1 Å². The van der Waals surface area contributed by atoms with E-state index in [0.717, 1.165) is 6.42 Å². The van der Waals surface area contributed by atoms with Crippen molar-refractivity contribution in [3.63, 3.8) is 0 Å². The molecule has 0 saturated carbocycles. The molecule has 4 nitrogen and oxygen atoms in total. The fraction of sp³-hybridized carbons (Fsp3) is 0.286. The van der Waals surface area contributed by atoms with Crippen LogP contribution in [0.2, 0.25) is 5.02 Å². The molecule has 0 bridgehead atoms. The molecular formula is C14H15ClN2O2S. The minimum Gasteiger partial charge on any atom is -0.377 e. The Morgan fingerprint density at radius 1 is 1.40 bits per heavy atom. The van der Waals surface area contributed by atoms with E-state index < -0.39 is 4.92 Å². The number of nitrogens with one attached hydrogen (secondary N) is 1. The zero-order chi connectivity index (χ0) is 14.7. The lowest BCUT2D eigenvalue weighted by Gasteiger charge is -2.14. The Morgan fingerprint density at radius 3 is 2.75 bits per heavy atom. The van der Waals surface area contributed by atoms with Gasteiger partial charge in [-0.25, -0.2) is 0 Å². The van der Waals surface area contributed by atoms with Crippen molar-refractivity contribution in [3.8, 4) is 0 Å². The van der Waals surface area contributed by atoms with E-state index in [1.54, 1.807) is 17.4 Å². The standard InChI is InChI=1S/C14H15ClN2O2S/c1-9(7-12-5-3-10(2)20-12)16-13-8-11(15)4-6-14(13)17(18)19/h3-6,8-9,16H,7H2,1-2H3. The van der Waals surface area contributed by atoms with Gasteiger partial charge >= 0.3 is 0 Å². The predicted octanol–water partition coefficient (Wildman–Crippen LogP) is 4.66. The van der Waals surface area contributed by atoms with Crippen molar-refractivity contribution < 1.29 is 4.92 Å². The van der Waals surface area contributed by atoms with Crippen LogP contribution < -0.4 is 5.32 Å². The maximum atomic E-state index is 11.0. The van der Waals surface area contributed by atoms with Gasteiger partial charge in [0, 0.05) is 33.3 Å². The zero-order valence-corrected chi connectivity index (χ0v) is 12.8. The molecule has 106 valence electrons. The van der Waals surface area contributed by atoms with Crippen molar-refractivity contribution in [1.82, 2.24) is 0 Å². The molecule has 0 aliphatic heterocycles. The number of hydrogen-bond donors (Lipinski definition) is 1. The van der Waals surface area contributed by atoms with Gasteiger partial charge in [0.05, 0.1) is 4.92 Å². The number of benzene rings is 1. The summed E-state index contributed by atoms with van der Waals surface area (Å²) < 4.78 is 0. The first-order chi connectivity index (χ1) is 9.45. The second-order valence-corrected chi connectivity index (χ2v) is 6.49. The molecule has 20 heavy (non-hydrogen) atoms. The van der Waals surface area contributed by atoms with Crippen LogP contribution in [0.15, 0.2) is 30.3 Å². The molecule has 0 amide bonds. The average Bonchev–Trinajstić information content (AvgIpc) is 2.74. The number of hydrogen-bond acceptors (Lipinski definition) is 4. The molecule has 0 fully saturated rings. The molecule has 1 aromatic carbocycles. The van der Waals surface area contributed by atoms with Gasteiger partial charge in [0.15, 0.2) is 0 Å². The summed E-state index contributed by atoms with van der Waals surface area (Å²) in [6, 6.07) is 8.80. The van der Waals surface area contributed by atoms with Crippen LogP contribution in [0.1, 0.15) is 16.7 Å². The smallest absolute Gasteiger partial charge is 0.292 e. The molecule has 2 rings (SSSR count). The number of nitro groups is 1. The van der Waals surface area contributed by atoms with Crippen LogP contribution in [0.5, 0.6) is 0 Å². The maximum absolute atomic E-state index is 11.0. The van der Waals surface area contributed by atoms with Gasteiger partial charge in [-0.05, 0) is 38.1 Å². The highest BCUT2D eigenvalue weighted by atomic mass is 35.5. The SMILES string of the molecule is Cc1ccc(CC(C)Nc2cc(Cl)ccc2[N+](=O)[O-])s1. The topological polar surface area (TPSA) is 55.2 Å². The van der Waals surface area contributed by atoms with Crippen LogP contribution in [0, 0.1) is 17.0 Å². The lowest BCUT2D eigenvalue weighted by atomic mass is 10.2. The minimum absolute atomic E-state index is 0.0450. The molecule has 1 N–H and O–H groups in total. The Kier molecular flexibility index (Phi) is 4.62. The number of aryl methyl sites for hydroxylation is 1. The number of thiophene rings is 1. The van der Waals surface area contributed by atoms with Gasteiger partial charge in [0.2, 0.25) is 0 Å². The van der Waals surface area contributed by atoms with Crippen LogP contribution in [0.4, 0.5) is 11.4 Å². The average molecular weight is 311 g/mol. The van der Waals surface area contributed by atoms with Gasteiger partial charge in [0.1, 0.15) is 5.69 Å². The molecule has 0 radical (unpaired) electrons. The second kappa shape index (κ2) is 6.24. The molecule has 1 heterocycles. The largest absolute Gasteiger partial charge is 0.377 e. The molecule has 1 atom stereocenters. The van der Waals surface area contributed by atoms with E-state index in [1.165, 1.54) is 21.9 Å². The molecule has 1 aromatic heterocycles. The molecule has 0 aliphatic carbocycles. The van der Waals surface area contributed by atoms with E-state index in [0.29, 0.717) is 10.7 Å². The third-order valence-corrected chi connectivity index (χ3v) is 4.12. The predicted molar refractivity (Wildman–Crippen MR) is 84.0 cm³/mol. The Labute approximate surface area is 126 Å². The number of anilines is 1. The van der Waals surface area contributed by atoms with Crippen LogP contribution in [-0.2, 0) is 6.42 Å². The second-order valence-electron chi connectivity index (χ2n) is 4.68. The van der Waals surface area contributed by atoms with E-state index in [2.05, 4.69) is 24.4 Å². The summed E-state index contributed by atoms with van der Waals surface area (Å²) in [5.41, 5.74) is 0.506. The zero-order valence-electron chi connectivity index (χ0n) is 11.2. The van der Waals surface area contributed by atoms with Crippen molar-refractivity contribution in [2.75, 3.05) is 5.32 Å². The third-order valence-electron chi connectivity index (χ3n) is 2.86. The Bertz CT molecular complexity index is 627. The van der Waals surface area contributed by atoms with Crippen molar-refractivity contribution in [2.24, 2.45) is 0 Å². The third kappa shape index (κ3) is 3.71. The quantitative estimate of drug-likeness (QED) is 0.645. The van der Waals surface area contributed by atoms with Crippen molar-refractivity contribution in [2.45, 2.75) is 26.3 Å². The minimum atomic E-state index is -0.402. The van der Waals surface area contributed by atoms with Gasteiger partial charge in [0.25, 0.3) is 5.69 Å². The summed E-state index contributed by atoms with van der Waals surface area (Å²) in [7, 11) is 0. The summed E-state index contributed by atoms with van der Waals surface area (Å²) in [6.07, 6.45) is 0.822. The summed E-state index contributed by atoms with van der Waals surface area (Å²) in [6.45, 7) is 4.06. The first kappa shape index (κ1) is 14.8. The summed E-state index contributed by atoms with van der Waals surface area (Å²) in [4.78, 5) is 13.1. The molecule has 0 spiro atoms. The number of rotatable bonds is 5. The highest BCUT2D eigenvalue weighted by molar-refractivity contribution is 7.11. The summed E-state index contributed by atoms with van der Waals surface area (Å²) in [5, 5.41) is 14.7. The maximum Gasteiger partial charge on any atom is 0.292 e. The number of nitro benzene ring substituents is 1. The van der Waals surface area contributed by atoms with E-state index in [1.807, 2.05) is 6.92 Å². The molecule has 0 saturated heterocycles. The normalized spacial score (nSPS) is 12.2. The Morgan fingerprint density at radius 2 is 2.15 bits per heavy atom. The summed E-state index contributed by atoms with van der Waals surface area (Å²) >= 11 is 7.65. The molecule has 2 aromatic rings. The Balaban J connectivity index is 2.12. The summed E-state index contributed by atoms with van der Waals surface area (Å²) in [5.74, 6) is 0. The molecule has 0 aliphatic rings. The lowest BCUT2D eigenvalue weighted by Crippen LogP contribution is -2.18. The van der Waals surface area contributed by atoms with Crippen molar-refractivity contribution in [3.05, 3.63) is 55.2 Å². The molecule has 1 unspecified atom stereocenters. The van der Waals surface area contributed by atoms with Gasteiger partial charge in [-0.3, -0.25) is 10.1 Å². The highest BCUT2D eigenvalue weighted by Crippen LogP contribution is 2.29. The van der Waals surface area contributed by atoms with Crippen LogP contribution in [-0.4, -0.2) is 11.0 Å². The van der Waals surface area contributed by atoms with Crippen LogP contribution >= 0.6 is 22.9 Å². The highest BCUT2D eigenvalue weighted by Gasteiger charge is 2.16. The lowest BCUT2D eigenvalue weighted by molar-refractivity contribution is -0.384. The van der Waals surface area contributed by atoms with Crippen LogP contribution in [0.3, 0.4) is 0 Å². The van der Waals surface area contributed by atoms with E-state index >= 15 is 0 Å². The van der Waals surface area contributed by atoms with Gasteiger partial charge in [-0.15, -0.1) is 11.3 Å². The van der Waals surface area contributed by atoms with Gasteiger partial charge < -0.3 is 5.32 Å². The number of halogens is 1. The first-order valence-corrected chi connectivity index (χ1v) is 7.41. The molecule has 6 heteroatoms. The Hall–Kier alpha value is -1.59.